The maximum atomic E-state index is 12.5. The molecule has 0 atom stereocenters. The molecular weight excluding hydrogens is 335 g/mol. The normalized spacial score (nSPS) is 11.3. The van der Waals surface area contributed by atoms with E-state index in [1.165, 1.54) is 0 Å². The number of nitrogens with zero attached hydrogens (tertiary/aromatic N) is 2. The smallest absolute Gasteiger partial charge is 0.350 e. The number of alkyl halides is 3. The number of aromatic nitrogens is 4. The summed E-state index contributed by atoms with van der Waals surface area (Å²) < 4.78 is 38.1. The standard InChI is InChI=1S/C12H10F3N5O4/c13-12(14,15)7-1-2-8(21)20(19-7)4-3-16-9(22)6-5-17-11(24)18-10(6)23/h1-2,5H,3-4H2,(H,16,22)(H2,17,18,23,24). The van der Waals surface area contributed by atoms with Gasteiger partial charge in [-0.25, -0.2) is 9.48 Å². The first-order valence-corrected chi connectivity index (χ1v) is 6.44. The molecule has 9 nitrogen and oxygen atoms in total. The zero-order valence-electron chi connectivity index (χ0n) is 11.8. The lowest BCUT2D eigenvalue weighted by atomic mass is 10.3. The van der Waals surface area contributed by atoms with Gasteiger partial charge in [0.15, 0.2) is 5.69 Å². The third-order valence-electron chi connectivity index (χ3n) is 2.83. The lowest BCUT2D eigenvalue weighted by molar-refractivity contribution is -0.142. The van der Waals surface area contributed by atoms with Crippen LogP contribution in [0.15, 0.2) is 32.7 Å². The second-order valence-electron chi connectivity index (χ2n) is 4.52. The average molecular weight is 345 g/mol. The maximum Gasteiger partial charge on any atom is 0.435 e. The minimum absolute atomic E-state index is 0.258. The number of hydrogen-bond acceptors (Lipinski definition) is 5. The molecule has 128 valence electrons. The molecule has 0 fully saturated rings. The number of aromatic amines is 2. The first kappa shape index (κ1) is 17.2. The van der Waals surface area contributed by atoms with E-state index in [1.54, 1.807) is 0 Å². The van der Waals surface area contributed by atoms with E-state index >= 15 is 0 Å². The molecule has 0 saturated carbocycles. The van der Waals surface area contributed by atoms with Crippen molar-refractivity contribution in [2.45, 2.75) is 12.7 Å². The van der Waals surface area contributed by atoms with Gasteiger partial charge >= 0.3 is 11.9 Å². The largest absolute Gasteiger partial charge is 0.435 e. The van der Waals surface area contributed by atoms with Gasteiger partial charge in [-0.15, -0.1) is 0 Å². The Morgan fingerprint density at radius 2 is 1.96 bits per heavy atom. The van der Waals surface area contributed by atoms with Gasteiger partial charge in [0.25, 0.3) is 17.0 Å². The molecule has 0 unspecified atom stereocenters. The van der Waals surface area contributed by atoms with Gasteiger partial charge in [0.1, 0.15) is 5.56 Å². The van der Waals surface area contributed by atoms with Crippen molar-refractivity contribution in [3.8, 4) is 0 Å². The van der Waals surface area contributed by atoms with Crippen molar-refractivity contribution in [3.63, 3.8) is 0 Å². The van der Waals surface area contributed by atoms with Crippen molar-refractivity contribution in [3.05, 3.63) is 60.8 Å². The van der Waals surface area contributed by atoms with Crippen LogP contribution in [0, 0.1) is 0 Å². The molecule has 0 aliphatic rings. The van der Waals surface area contributed by atoms with Gasteiger partial charge in [-0.3, -0.25) is 19.4 Å². The predicted octanol–water partition coefficient (Wildman–Crippen LogP) is -0.931. The Morgan fingerprint density at radius 1 is 1.25 bits per heavy atom. The number of amides is 1. The van der Waals surface area contributed by atoms with Crippen LogP contribution in [0.3, 0.4) is 0 Å². The quantitative estimate of drug-likeness (QED) is 0.659. The zero-order chi connectivity index (χ0) is 17.9. The number of hydrogen-bond donors (Lipinski definition) is 3. The van der Waals surface area contributed by atoms with Crippen molar-refractivity contribution in [1.82, 2.24) is 25.1 Å². The van der Waals surface area contributed by atoms with Gasteiger partial charge in [-0.1, -0.05) is 0 Å². The number of H-pyrrole nitrogens is 2. The lowest BCUT2D eigenvalue weighted by Crippen LogP contribution is -2.36. The summed E-state index contributed by atoms with van der Waals surface area (Å²) in [7, 11) is 0. The molecule has 2 aromatic rings. The van der Waals surface area contributed by atoms with E-state index in [4.69, 9.17) is 0 Å². The van der Waals surface area contributed by atoms with Crippen molar-refractivity contribution in [1.29, 1.82) is 0 Å². The summed E-state index contributed by atoms with van der Waals surface area (Å²) in [5.41, 5.74) is -4.13. The Kier molecular flexibility index (Phi) is 4.66. The van der Waals surface area contributed by atoms with Crippen molar-refractivity contribution in [2.75, 3.05) is 6.54 Å². The fraction of sp³-hybridized carbons (Fsp3) is 0.250. The van der Waals surface area contributed by atoms with Gasteiger partial charge in [-0.05, 0) is 6.07 Å². The second kappa shape index (κ2) is 6.52. The van der Waals surface area contributed by atoms with E-state index in [9.17, 15) is 32.3 Å². The van der Waals surface area contributed by atoms with E-state index in [1.807, 2.05) is 4.98 Å². The van der Waals surface area contributed by atoms with E-state index in [0.29, 0.717) is 16.8 Å². The van der Waals surface area contributed by atoms with Crippen LogP contribution >= 0.6 is 0 Å². The van der Waals surface area contributed by atoms with Crippen LogP contribution in [0.5, 0.6) is 0 Å². The lowest BCUT2D eigenvalue weighted by Gasteiger charge is -2.09. The molecule has 0 bridgehead atoms. The Balaban J connectivity index is 2.07. The van der Waals surface area contributed by atoms with Crippen molar-refractivity contribution in [2.24, 2.45) is 0 Å². The van der Waals surface area contributed by atoms with E-state index in [0.717, 1.165) is 6.20 Å². The van der Waals surface area contributed by atoms with Gasteiger partial charge in [-0.2, -0.15) is 18.3 Å². The Bertz CT molecular complexity index is 928. The minimum atomic E-state index is -4.71. The van der Waals surface area contributed by atoms with Crippen LogP contribution in [0.1, 0.15) is 16.1 Å². The van der Waals surface area contributed by atoms with Crippen LogP contribution in [0.4, 0.5) is 13.2 Å². The molecule has 3 N–H and O–H groups in total. The first-order valence-electron chi connectivity index (χ1n) is 6.44. The molecule has 2 aromatic heterocycles. The molecule has 0 spiro atoms. The van der Waals surface area contributed by atoms with Gasteiger partial charge < -0.3 is 10.3 Å². The Hall–Kier alpha value is -3.18. The van der Waals surface area contributed by atoms with Crippen molar-refractivity contribution < 1.29 is 18.0 Å². The van der Waals surface area contributed by atoms with E-state index in [2.05, 4.69) is 15.4 Å². The molecule has 2 rings (SSSR count). The summed E-state index contributed by atoms with van der Waals surface area (Å²) in [5.74, 6) is -0.868. The molecule has 24 heavy (non-hydrogen) atoms. The Morgan fingerprint density at radius 3 is 2.58 bits per heavy atom. The second-order valence-corrected chi connectivity index (χ2v) is 4.52. The van der Waals surface area contributed by atoms with Gasteiger partial charge in [0, 0.05) is 18.8 Å². The molecule has 0 aromatic carbocycles. The monoisotopic (exact) mass is 345 g/mol. The SMILES string of the molecule is O=C(NCCn1nc(C(F)(F)F)ccc1=O)c1c[nH]c(=O)[nH]c1=O. The van der Waals surface area contributed by atoms with Crippen molar-refractivity contribution >= 4 is 5.91 Å². The summed E-state index contributed by atoms with van der Waals surface area (Å²) in [6, 6.07) is 1.27. The third-order valence-corrected chi connectivity index (χ3v) is 2.83. The fourth-order valence-corrected chi connectivity index (χ4v) is 1.71. The first-order chi connectivity index (χ1) is 11.2. The highest BCUT2D eigenvalue weighted by Crippen LogP contribution is 2.26. The molecule has 2 heterocycles. The Labute approximate surface area is 130 Å². The van der Waals surface area contributed by atoms with Crippen LogP contribution in [0.25, 0.3) is 0 Å². The van der Waals surface area contributed by atoms with E-state index in [-0.39, 0.29) is 18.7 Å². The zero-order valence-corrected chi connectivity index (χ0v) is 11.8. The summed E-state index contributed by atoms with van der Waals surface area (Å²) in [4.78, 5) is 49.4. The third kappa shape index (κ3) is 3.97. The molecule has 0 saturated heterocycles. The van der Waals surface area contributed by atoms with Gasteiger partial charge in [0.2, 0.25) is 0 Å². The number of rotatable bonds is 4. The van der Waals surface area contributed by atoms with Crippen LogP contribution in [0.2, 0.25) is 0 Å². The molecular formula is C12H10F3N5O4. The maximum absolute atomic E-state index is 12.5. The highest BCUT2D eigenvalue weighted by atomic mass is 19.4. The summed E-state index contributed by atoms with van der Waals surface area (Å²) in [5, 5.41) is 5.39. The minimum Gasteiger partial charge on any atom is -0.350 e. The fourth-order valence-electron chi connectivity index (χ4n) is 1.71. The highest BCUT2D eigenvalue weighted by Gasteiger charge is 2.33. The number of carbonyl (C=O) groups excluding carboxylic acids is 1. The molecule has 0 aliphatic carbocycles. The van der Waals surface area contributed by atoms with E-state index < -0.39 is 34.6 Å². The molecule has 12 heteroatoms. The number of halogens is 3. The molecule has 0 aliphatic heterocycles. The summed E-state index contributed by atoms with van der Waals surface area (Å²) >= 11 is 0. The van der Waals surface area contributed by atoms with Gasteiger partial charge in [0.05, 0.1) is 6.54 Å². The van der Waals surface area contributed by atoms with Crippen LogP contribution in [-0.4, -0.2) is 32.2 Å². The predicted molar refractivity (Wildman–Crippen MR) is 73.5 cm³/mol. The molecule has 1 amide bonds. The summed E-state index contributed by atoms with van der Waals surface area (Å²) in [6.07, 6.45) is -3.81. The number of nitrogens with one attached hydrogen (secondary N) is 3. The average Bonchev–Trinajstić information content (AvgIpc) is 2.47. The summed E-state index contributed by atoms with van der Waals surface area (Å²) in [6.45, 7) is -0.596. The number of carbonyl (C=O) groups is 1. The van der Waals surface area contributed by atoms with Crippen LogP contribution in [-0.2, 0) is 12.7 Å². The van der Waals surface area contributed by atoms with Crippen LogP contribution < -0.4 is 22.1 Å². The highest BCUT2D eigenvalue weighted by molar-refractivity contribution is 5.93. The molecule has 0 radical (unpaired) electrons. The topological polar surface area (TPSA) is 130 Å².